The first-order chi connectivity index (χ1) is 11.3. The predicted octanol–water partition coefficient (Wildman–Crippen LogP) is 2.46. The minimum absolute atomic E-state index is 0. The van der Waals surface area contributed by atoms with E-state index in [9.17, 15) is 13.2 Å². The molecule has 1 saturated heterocycles. The summed E-state index contributed by atoms with van der Waals surface area (Å²) in [5.41, 5.74) is 6.72. The second kappa shape index (κ2) is 9.40. The Morgan fingerprint density at radius 2 is 2.08 bits per heavy atom. The normalized spacial score (nSPS) is 19.0. The van der Waals surface area contributed by atoms with Crippen molar-refractivity contribution in [3.63, 3.8) is 0 Å². The van der Waals surface area contributed by atoms with Gasteiger partial charge in [0.1, 0.15) is 0 Å². The van der Waals surface area contributed by atoms with Crippen LogP contribution in [0.25, 0.3) is 0 Å². The van der Waals surface area contributed by atoms with Crippen LogP contribution in [-0.2, 0) is 10.0 Å². The number of hydrogen-bond donors (Lipinski definition) is 2. The van der Waals surface area contributed by atoms with Gasteiger partial charge in [-0.15, -0.1) is 12.4 Å². The molecule has 1 amide bonds. The van der Waals surface area contributed by atoms with Gasteiger partial charge in [0.15, 0.2) is 0 Å². The van der Waals surface area contributed by atoms with Crippen molar-refractivity contribution in [3.8, 4) is 0 Å². The lowest BCUT2D eigenvalue weighted by atomic mass is 9.92. The molecule has 8 heteroatoms. The lowest BCUT2D eigenvalue weighted by molar-refractivity contribution is 0.0662. The van der Waals surface area contributed by atoms with E-state index in [0.29, 0.717) is 30.8 Å². The highest BCUT2D eigenvalue weighted by Crippen LogP contribution is 2.24. The fourth-order valence-corrected chi connectivity index (χ4v) is 4.19. The van der Waals surface area contributed by atoms with Crippen LogP contribution in [0.1, 0.15) is 43.5 Å². The molecule has 0 aromatic heterocycles. The quantitative estimate of drug-likeness (QED) is 0.781. The van der Waals surface area contributed by atoms with Crippen molar-refractivity contribution in [1.29, 1.82) is 0 Å². The van der Waals surface area contributed by atoms with Crippen LogP contribution < -0.4 is 10.5 Å². The molecular weight excluding hydrogens is 362 g/mol. The minimum Gasteiger partial charge on any atom is -0.338 e. The number of benzene rings is 1. The van der Waals surface area contributed by atoms with Gasteiger partial charge in [-0.3, -0.25) is 9.52 Å². The number of likely N-dealkylation sites (tertiary alicyclic amines) is 1. The fraction of sp³-hybridized carbons (Fsp3) is 0.588. The van der Waals surface area contributed by atoms with Crippen molar-refractivity contribution in [1.82, 2.24) is 4.90 Å². The highest BCUT2D eigenvalue weighted by atomic mass is 35.5. The molecule has 0 saturated carbocycles. The summed E-state index contributed by atoms with van der Waals surface area (Å²) >= 11 is 0. The molecule has 2 atom stereocenters. The molecule has 6 nitrogen and oxygen atoms in total. The largest absolute Gasteiger partial charge is 0.338 e. The van der Waals surface area contributed by atoms with E-state index in [1.807, 2.05) is 6.92 Å². The van der Waals surface area contributed by atoms with Gasteiger partial charge in [0.05, 0.1) is 17.0 Å². The predicted molar refractivity (Wildman–Crippen MR) is 104 cm³/mol. The average Bonchev–Trinajstić information content (AvgIpc) is 2.54. The first-order valence-corrected chi connectivity index (χ1v) is 10.1. The first kappa shape index (κ1) is 21.7. The van der Waals surface area contributed by atoms with Gasteiger partial charge in [0.2, 0.25) is 10.0 Å². The summed E-state index contributed by atoms with van der Waals surface area (Å²) in [7, 11) is -3.44. The SMILES string of the molecule is CCCS(=O)(=O)Nc1ccccc1C(=O)N1CCCC(C(C)N)C1.Cl. The molecule has 0 bridgehead atoms. The molecule has 1 heterocycles. The third kappa shape index (κ3) is 5.87. The van der Waals surface area contributed by atoms with Crippen molar-refractivity contribution in [3.05, 3.63) is 29.8 Å². The van der Waals surface area contributed by atoms with Crippen molar-refractivity contribution >= 4 is 34.0 Å². The summed E-state index contributed by atoms with van der Waals surface area (Å²) in [6, 6.07) is 6.81. The number of carbonyl (C=O) groups is 1. The van der Waals surface area contributed by atoms with Gasteiger partial charge in [0.25, 0.3) is 5.91 Å². The molecule has 142 valence electrons. The summed E-state index contributed by atoms with van der Waals surface area (Å²) < 4.78 is 26.6. The molecule has 1 aliphatic rings. The van der Waals surface area contributed by atoms with Crippen LogP contribution in [0.2, 0.25) is 0 Å². The minimum atomic E-state index is -3.44. The molecule has 0 radical (unpaired) electrons. The number of carbonyl (C=O) groups excluding carboxylic acids is 1. The smallest absolute Gasteiger partial charge is 0.255 e. The number of nitrogens with two attached hydrogens (primary N) is 1. The van der Waals surface area contributed by atoms with Gasteiger partial charge < -0.3 is 10.6 Å². The number of hydrogen-bond acceptors (Lipinski definition) is 4. The van der Waals surface area contributed by atoms with E-state index in [0.717, 1.165) is 12.8 Å². The Kier molecular flexibility index (Phi) is 8.18. The molecule has 1 aromatic rings. The van der Waals surface area contributed by atoms with E-state index >= 15 is 0 Å². The number of para-hydroxylation sites is 1. The Hall–Kier alpha value is -1.31. The molecule has 2 rings (SSSR count). The van der Waals surface area contributed by atoms with Crippen molar-refractivity contribution in [2.75, 3.05) is 23.6 Å². The van der Waals surface area contributed by atoms with E-state index in [1.54, 1.807) is 36.1 Å². The van der Waals surface area contributed by atoms with Crippen LogP contribution in [0.4, 0.5) is 5.69 Å². The third-order valence-electron chi connectivity index (χ3n) is 4.38. The van der Waals surface area contributed by atoms with Crippen LogP contribution in [0, 0.1) is 5.92 Å². The summed E-state index contributed by atoms with van der Waals surface area (Å²) in [6.45, 7) is 5.06. The molecule has 0 aliphatic carbocycles. The van der Waals surface area contributed by atoms with Gasteiger partial charge in [-0.05, 0) is 44.2 Å². The highest BCUT2D eigenvalue weighted by Gasteiger charge is 2.28. The Morgan fingerprint density at radius 3 is 2.72 bits per heavy atom. The molecule has 1 aromatic carbocycles. The lowest BCUT2D eigenvalue weighted by Gasteiger charge is -2.35. The molecule has 0 spiro atoms. The lowest BCUT2D eigenvalue weighted by Crippen LogP contribution is -2.45. The van der Waals surface area contributed by atoms with Crippen LogP contribution >= 0.6 is 12.4 Å². The Labute approximate surface area is 156 Å². The first-order valence-electron chi connectivity index (χ1n) is 8.48. The third-order valence-corrected chi connectivity index (χ3v) is 5.86. The van der Waals surface area contributed by atoms with Crippen LogP contribution in [-0.4, -0.2) is 44.1 Å². The number of amides is 1. The monoisotopic (exact) mass is 389 g/mol. The van der Waals surface area contributed by atoms with Gasteiger partial charge in [-0.25, -0.2) is 8.42 Å². The maximum Gasteiger partial charge on any atom is 0.255 e. The zero-order valence-corrected chi connectivity index (χ0v) is 16.4. The maximum absolute atomic E-state index is 12.9. The van der Waals surface area contributed by atoms with Crippen LogP contribution in [0.15, 0.2) is 24.3 Å². The van der Waals surface area contributed by atoms with Gasteiger partial charge >= 0.3 is 0 Å². The van der Waals surface area contributed by atoms with Crippen molar-refractivity contribution in [2.24, 2.45) is 11.7 Å². The number of nitrogens with one attached hydrogen (secondary N) is 1. The highest BCUT2D eigenvalue weighted by molar-refractivity contribution is 7.92. The van der Waals surface area contributed by atoms with Crippen molar-refractivity contribution in [2.45, 2.75) is 39.2 Å². The summed E-state index contributed by atoms with van der Waals surface area (Å²) in [4.78, 5) is 14.7. The number of halogens is 1. The number of piperidine rings is 1. The second-order valence-corrected chi connectivity index (χ2v) is 8.32. The fourth-order valence-electron chi connectivity index (χ4n) is 3.04. The van der Waals surface area contributed by atoms with E-state index < -0.39 is 10.0 Å². The summed E-state index contributed by atoms with van der Waals surface area (Å²) in [6.07, 6.45) is 2.46. The number of nitrogens with zero attached hydrogens (tertiary/aromatic N) is 1. The van der Waals surface area contributed by atoms with Gasteiger partial charge in [-0.1, -0.05) is 19.1 Å². The molecule has 2 unspecified atom stereocenters. The molecule has 1 aliphatic heterocycles. The number of rotatable bonds is 6. The van der Waals surface area contributed by atoms with Crippen molar-refractivity contribution < 1.29 is 13.2 Å². The van der Waals surface area contributed by atoms with E-state index in [1.165, 1.54) is 0 Å². The van der Waals surface area contributed by atoms with Crippen LogP contribution in [0.5, 0.6) is 0 Å². The maximum atomic E-state index is 12.9. The van der Waals surface area contributed by atoms with E-state index in [-0.39, 0.29) is 36.0 Å². The number of anilines is 1. The standard InChI is InChI=1S/C17H27N3O3S.ClH/c1-3-11-24(22,23)19-16-9-5-4-8-15(16)17(21)20-10-6-7-14(12-20)13(2)18;/h4-5,8-9,13-14,19H,3,6-7,10-12,18H2,1-2H3;1H. The van der Waals surface area contributed by atoms with E-state index in [2.05, 4.69) is 4.72 Å². The molecular formula is C17H28ClN3O3S. The number of sulfonamides is 1. The topological polar surface area (TPSA) is 92.5 Å². The van der Waals surface area contributed by atoms with Gasteiger partial charge in [0, 0.05) is 19.1 Å². The second-order valence-electron chi connectivity index (χ2n) is 6.48. The zero-order valence-electron chi connectivity index (χ0n) is 14.8. The van der Waals surface area contributed by atoms with E-state index in [4.69, 9.17) is 5.73 Å². The Morgan fingerprint density at radius 1 is 1.40 bits per heavy atom. The molecule has 3 N–H and O–H groups in total. The Balaban J connectivity index is 0.00000312. The average molecular weight is 390 g/mol. The van der Waals surface area contributed by atoms with Gasteiger partial charge in [-0.2, -0.15) is 0 Å². The summed E-state index contributed by atoms with van der Waals surface area (Å²) in [5.74, 6) is 0.174. The molecule has 1 fully saturated rings. The van der Waals surface area contributed by atoms with Crippen LogP contribution in [0.3, 0.4) is 0 Å². The Bertz CT molecular complexity index is 679. The zero-order chi connectivity index (χ0) is 17.7. The summed E-state index contributed by atoms with van der Waals surface area (Å²) in [5, 5.41) is 0. The molecule has 25 heavy (non-hydrogen) atoms.